The maximum Gasteiger partial charge on any atom is 0.332 e. The first kappa shape index (κ1) is 15.3. The molecule has 0 fully saturated rings. The number of esters is 1. The summed E-state index contributed by atoms with van der Waals surface area (Å²) in [7, 11) is 2.90. The number of hydrogen-bond donors (Lipinski definition) is 2. The minimum absolute atomic E-state index is 0.230. The number of carbonyl (C=O) groups is 2. The van der Waals surface area contributed by atoms with Gasteiger partial charge in [-0.2, -0.15) is 0 Å². The van der Waals surface area contributed by atoms with Crippen molar-refractivity contribution in [2.24, 2.45) is 0 Å². The molecule has 0 aromatic carbocycles. The zero-order chi connectivity index (χ0) is 11.6. The van der Waals surface area contributed by atoms with Crippen LogP contribution in [0.15, 0.2) is 0 Å². The van der Waals surface area contributed by atoms with Crippen LogP contribution in [0.1, 0.15) is 13.3 Å². The second-order valence-electron chi connectivity index (χ2n) is 2.33. The second kappa shape index (κ2) is 9.94. The molecular formula is C8H16O6. The molecule has 0 rings (SSSR count). The maximum absolute atomic E-state index is 10.3. The van der Waals surface area contributed by atoms with E-state index in [1.54, 1.807) is 7.11 Å². The lowest BCUT2D eigenvalue weighted by Crippen LogP contribution is -2.13. The van der Waals surface area contributed by atoms with E-state index in [0.717, 1.165) is 0 Å². The van der Waals surface area contributed by atoms with Gasteiger partial charge in [0.15, 0.2) is 0 Å². The van der Waals surface area contributed by atoms with Gasteiger partial charge in [0.05, 0.1) is 20.1 Å². The molecule has 0 aromatic heterocycles. The number of aliphatic hydroxyl groups is 1. The Balaban J connectivity index is 0. The van der Waals surface area contributed by atoms with Gasteiger partial charge in [0.2, 0.25) is 0 Å². The van der Waals surface area contributed by atoms with E-state index in [2.05, 4.69) is 9.47 Å². The van der Waals surface area contributed by atoms with Crippen molar-refractivity contribution in [3.8, 4) is 0 Å². The van der Waals surface area contributed by atoms with Crippen molar-refractivity contribution in [1.82, 2.24) is 0 Å². The number of carbonyl (C=O) groups excluding carboxylic acids is 1. The standard InChI is InChI=1S/C5H10O3.C3H6O3/c1-7-4-3-5(6)8-2;1-2(4)3(5)6/h3-4H2,1-2H3;2,4H,1H3,(H,5,6). The Morgan fingerprint density at radius 3 is 2.00 bits per heavy atom. The molecule has 0 spiro atoms. The normalized spacial score (nSPS) is 10.9. The van der Waals surface area contributed by atoms with Crippen molar-refractivity contribution in [2.45, 2.75) is 19.4 Å². The van der Waals surface area contributed by atoms with Crippen LogP contribution in [0.3, 0.4) is 0 Å². The van der Waals surface area contributed by atoms with Gasteiger partial charge in [0.1, 0.15) is 6.10 Å². The van der Waals surface area contributed by atoms with E-state index in [1.165, 1.54) is 14.0 Å². The van der Waals surface area contributed by atoms with E-state index >= 15 is 0 Å². The molecule has 0 radical (unpaired) electrons. The zero-order valence-corrected chi connectivity index (χ0v) is 8.52. The number of aliphatic hydroxyl groups excluding tert-OH is 1. The number of carboxylic acid groups (broad SMARTS) is 1. The van der Waals surface area contributed by atoms with Gasteiger partial charge in [0, 0.05) is 7.11 Å². The van der Waals surface area contributed by atoms with Gasteiger partial charge in [-0.1, -0.05) is 0 Å². The van der Waals surface area contributed by atoms with Gasteiger partial charge in [-0.05, 0) is 6.92 Å². The Kier molecular flexibility index (Phi) is 10.9. The third-order valence-electron chi connectivity index (χ3n) is 1.10. The molecule has 1 atom stereocenters. The molecule has 0 aliphatic heterocycles. The molecule has 84 valence electrons. The molecule has 6 heteroatoms. The highest BCUT2D eigenvalue weighted by atomic mass is 16.5. The molecule has 0 saturated heterocycles. The van der Waals surface area contributed by atoms with E-state index in [1.807, 2.05) is 0 Å². The first-order chi connectivity index (χ1) is 6.45. The van der Waals surface area contributed by atoms with E-state index in [-0.39, 0.29) is 5.97 Å². The maximum atomic E-state index is 10.3. The molecular weight excluding hydrogens is 192 g/mol. The quantitative estimate of drug-likeness (QED) is 0.613. The fraction of sp³-hybridized carbons (Fsp3) is 0.750. The summed E-state index contributed by atoms with van der Waals surface area (Å²) in [5.41, 5.74) is 0. The van der Waals surface area contributed by atoms with Gasteiger partial charge >= 0.3 is 11.9 Å². The Bertz CT molecular complexity index is 165. The van der Waals surface area contributed by atoms with Crippen LogP contribution in [0, 0.1) is 0 Å². The second-order valence-corrected chi connectivity index (χ2v) is 2.33. The largest absolute Gasteiger partial charge is 0.479 e. The highest BCUT2D eigenvalue weighted by Crippen LogP contribution is 1.82. The van der Waals surface area contributed by atoms with Crippen molar-refractivity contribution in [2.75, 3.05) is 20.8 Å². The number of rotatable bonds is 4. The highest BCUT2D eigenvalue weighted by molar-refractivity contribution is 5.71. The first-order valence-electron chi connectivity index (χ1n) is 3.92. The molecule has 0 heterocycles. The van der Waals surface area contributed by atoms with Crippen molar-refractivity contribution in [3.63, 3.8) is 0 Å². The molecule has 0 saturated carbocycles. The topological polar surface area (TPSA) is 93.1 Å². The van der Waals surface area contributed by atoms with Crippen LogP contribution < -0.4 is 0 Å². The molecule has 0 bridgehead atoms. The molecule has 2 N–H and O–H groups in total. The number of ether oxygens (including phenoxy) is 2. The van der Waals surface area contributed by atoms with Crippen molar-refractivity contribution < 1.29 is 29.3 Å². The van der Waals surface area contributed by atoms with Gasteiger partial charge in [-0.3, -0.25) is 4.79 Å². The van der Waals surface area contributed by atoms with Crippen LogP contribution in [-0.4, -0.2) is 49.1 Å². The Labute approximate surface area is 82.4 Å². The zero-order valence-electron chi connectivity index (χ0n) is 8.52. The predicted molar refractivity (Wildman–Crippen MR) is 47.8 cm³/mol. The van der Waals surface area contributed by atoms with Gasteiger partial charge < -0.3 is 19.7 Å². The summed E-state index contributed by atoms with van der Waals surface area (Å²) < 4.78 is 8.95. The average molecular weight is 208 g/mol. The summed E-state index contributed by atoms with van der Waals surface area (Å²) in [4.78, 5) is 19.7. The van der Waals surface area contributed by atoms with Gasteiger partial charge in [-0.25, -0.2) is 4.79 Å². The van der Waals surface area contributed by atoms with Crippen LogP contribution in [-0.2, 0) is 19.1 Å². The molecule has 0 aliphatic carbocycles. The van der Waals surface area contributed by atoms with E-state index < -0.39 is 12.1 Å². The number of methoxy groups -OCH3 is 2. The highest BCUT2D eigenvalue weighted by Gasteiger charge is 2.01. The first-order valence-corrected chi connectivity index (χ1v) is 3.92. The molecule has 14 heavy (non-hydrogen) atoms. The Morgan fingerprint density at radius 2 is 1.79 bits per heavy atom. The van der Waals surface area contributed by atoms with E-state index in [0.29, 0.717) is 13.0 Å². The lowest BCUT2D eigenvalue weighted by Gasteiger charge is -1.94. The SMILES string of the molecule is CC(O)C(=O)O.COCCC(=O)OC. The summed E-state index contributed by atoms with van der Waals surface area (Å²) in [6.07, 6.45) is -0.891. The molecule has 0 aromatic rings. The summed E-state index contributed by atoms with van der Waals surface area (Å²) in [5, 5.41) is 15.8. The number of aliphatic carboxylic acids is 1. The summed E-state index contributed by atoms with van der Waals surface area (Å²) in [6, 6.07) is 0. The minimum atomic E-state index is -1.23. The van der Waals surface area contributed by atoms with Crippen molar-refractivity contribution in [3.05, 3.63) is 0 Å². The smallest absolute Gasteiger partial charge is 0.332 e. The van der Waals surface area contributed by atoms with Crippen molar-refractivity contribution in [1.29, 1.82) is 0 Å². The van der Waals surface area contributed by atoms with E-state index in [4.69, 9.17) is 10.2 Å². The Morgan fingerprint density at radius 1 is 1.36 bits per heavy atom. The van der Waals surface area contributed by atoms with Crippen molar-refractivity contribution >= 4 is 11.9 Å². The third-order valence-corrected chi connectivity index (χ3v) is 1.10. The van der Waals surface area contributed by atoms with Crippen LogP contribution >= 0.6 is 0 Å². The lowest BCUT2D eigenvalue weighted by atomic mass is 10.4. The van der Waals surface area contributed by atoms with Crippen LogP contribution in [0.25, 0.3) is 0 Å². The predicted octanol–water partition coefficient (Wildman–Crippen LogP) is -0.352. The number of carboxylic acids is 1. The van der Waals surface area contributed by atoms with E-state index in [9.17, 15) is 9.59 Å². The summed E-state index contributed by atoms with van der Waals surface area (Å²) in [5.74, 6) is -1.41. The average Bonchev–Trinajstić information content (AvgIpc) is 2.14. The van der Waals surface area contributed by atoms with Gasteiger partial charge in [-0.15, -0.1) is 0 Å². The van der Waals surface area contributed by atoms with Gasteiger partial charge in [0.25, 0.3) is 0 Å². The third kappa shape index (κ3) is 13.4. The minimum Gasteiger partial charge on any atom is -0.479 e. The monoisotopic (exact) mass is 208 g/mol. The van der Waals surface area contributed by atoms with Crippen LogP contribution in [0.4, 0.5) is 0 Å². The summed E-state index contributed by atoms with van der Waals surface area (Å²) >= 11 is 0. The molecule has 1 unspecified atom stereocenters. The molecule has 0 amide bonds. The fourth-order valence-corrected chi connectivity index (χ4v) is 0.287. The van der Waals surface area contributed by atoms with Crippen LogP contribution in [0.5, 0.6) is 0 Å². The number of hydrogen-bond acceptors (Lipinski definition) is 5. The van der Waals surface area contributed by atoms with Crippen LogP contribution in [0.2, 0.25) is 0 Å². The Hall–Kier alpha value is -1.14. The molecule has 6 nitrogen and oxygen atoms in total. The fourth-order valence-electron chi connectivity index (χ4n) is 0.287. The lowest BCUT2D eigenvalue weighted by molar-refractivity contribution is -0.145. The molecule has 0 aliphatic rings. The summed E-state index contributed by atoms with van der Waals surface area (Å²) in [6.45, 7) is 1.63.